The van der Waals surface area contributed by atoms with Crippen molar-refractivity contribution in [3.05, 3.63) is 23.0 Å². The molecule has 0 aliphatic carbocycles. The first-order chi connectivity index (χ1) is 6.15. The van der Waals surface area contributed by atoms with Crippen molar-refractivity contribution in [3.8, 4) is 0 Å². The Labute approximate surface area is 90.6 Å². The average Bonchev–Trinajstić information content (AvgIpc) is 2.08. The maximum absolute atomic E-state index is 11.0. The van der Waals surface area contributed by atoms with Crippen LogP contribution >= 0.6 is 35.0 Å². The molecule has 13 heavy (non-hydrogen) atoms. The van der Waals surface area contributed by atoms with E-state index >= 15 is 0 Å². The smallest absolute Gasteiger partial charge is 0.253 e. The van der Waals surface area contributed by atoms with Gasteiger partial charge in [-0.1, -0.05) is 18.5 Å². The molecular weight excluding hydrogens is 229 g/mol. The van der Waals surface area contributed by atoms with Crippen LogP contribution in [-0.4, -0.2) is 16.0 Å². The van der Waals surface area contributed by atoms with E-state index in [9.17, 15) is 4.79 Å². The molecule has 0 aliphatic heterocycles. The van der Waals surface area contributed by atoms with Gasteiger partial charge in [0, 0.05) is 11.1 Å². The number of carbonyl (C=O) groups excluding carboxylic acids is 1. The van der Waals surface area contributed by atoms with Gasteiger partial charge in [0.2, 0.25) is 0 Å². The normalized spacial score (nSPS) is 10.1. The number of thioether (sulfide) groups is 1. The molecule has 0 aromatic carbocycles. The molecular formula is C8H7Cl2NOS. The monoisotopic (exact) mass is 235 g/mol. The zero-order valence-corrected chi connectivity index (χ0v) is 9.21. The standard InChI is InChI=1S/C8H7Cl2NOS/c1-2-13-6-4-11-7(9)3-5(6)8(10)12/h3-4H,2H2,1H3. The Kier molecular flexibility index (Phi) is 4.03. The molecule has 70 valence electrons. The number of carbonyl (C=O) groups is 1. The fourth-order valence-electron chi connectivity index (χ4n) is 0.841. The highest BCUT2D eigenvalue weighted by Crippen LogP contribution is 2.24. The number of pyridine rings is 1. The fraction of sp³-hybridized carbons (Fsp3) is 0.250. The SMILES string of the molecule is CCSc1cnc(Cl)cc1C(=O)Cl. The third-order valence-corrected chi connectivity index (χ3v) is 2.68. The highest BCUT2D eigenvalue weighted by atomic mass is 35.5. The van der Waals surface area contributed by atoms with Crippen LogP contribution in [0.5, 0.6) is 0 Å². The van der Waals surface area contributed by atoms with E-state index < -0.39 is 5.24 Å². The van der Waals surface area contributed by atoms with Gasteiger partial charge in [0.05, 0.1) is 5.56 Å². The number of hydrogen-bond donors (Lipinski definition) is 0. The van der Waals surface area contributed by atoms with E-state index in [1.807, 2.05) is 6.92 Å². The summed E-state index contributed by atoms with van der Waals surface area (Å²) in [6.07, 6.45) is 1.56. The van der Waals surface area contributed by atoms with Crippen LogP contribution in [0.3, 0.4) is 0 Å². The number of nitrogens with zero attached hydrogens (tertiary/aromatic N) is 1. The zero-order valence-electron chi connectivity index (χ0n) is 6.88. The van der Waals surface area contributed by atoms with Crippen molar-refractivity contribution in [2.24, 2.45) is 0 Å². The van der Waals surface area contributed by atoms with Crippen molar-refractivity contribution in [1.82, 2.24) is 4.98 Å². The minimum absolute atomic E-state index is 0.282. The molecule has 1 aromatic rings. The van der Waals surface area contributed by atoms with Gasteiger partial charge in [-0.3, -0.25) is 4.79 Å². The molecule has 0 unspecified atom stereocenters. The molecule has 1 heterocycles. The molecule has 0 fully saturated rings. The minimum Gasteiger partial charge on any atom is -0.276 e. The van der Waals surface area contributed by atoms with Gasteiger partial charge >= 0.3 is 0 Å². The van der Waals surface area contributed by atoms with Gasteiger partial charge in [-0.2, -0.15) is 0 Å². The Balaban J connectivity index is 3.10. The third-order valence-electron chi connectivity index (χ3n) is 1.35. The van der Waals surface area contributed by atoms with Gasteiger partial charge in [-0.15, -0.1) is 11.8 Å². The van der Waals surface area contributed by atoms with Gasteiger partial charge < -0.3 is 0 Å². The predicted octanol–water partition coefficient (Wildman–Crippen LogP) is 3.23. The van der Waals surface area contributed by atoms with Gasteiger partial charge in [0.15, 0.2) is 0 Å². The Morgan fingerprint density at radius 3 is 2.92 bits per heavy atom. The first-order valence-electron chi connectivity index (χ1n) is 3.63. The summed E-state index contributed by atoms with van der Waals surface area (Å²) >= 11 is 12.5. The average molecular weight is 236 g/mol. The summed E-state index contributed by atoms with van der Waals surface area (Å²) in [6.45, 7) is 1.99. The molecule has 0 saturated heterocycles. The largest absolute Gasteiger partial charge is 0.276 e. The second kappa shape index (κ2) is 4.84. The minimum atomic E-state index is -0.500. The summed E-state index contributed by atoms with van der Waals surface area (Å²) in [5, 5.41) is -0.218. The van der Waals surface area contributed by atoms with Gasteiger partial charge in [0.25, 0.3) is 5.24 Å². The van der Waals surface area contributed by atoms with Crippen LogP contribution < -0.4 is 0 Å². The zero-order chi connectivity index (χ0) is 9.84. The van der Waals surface area contributed by atoms with Crippen molar-refractivity contribution < 1.29 is 4.79 Å². The van der Waals surface area contributed by atoms with Gasteiger partial charge in [0.1, 0.15) is 5.15 Å². The summed E-state index contributed by atoms with van der Waals surface area (Å²) in [5.41, 5.74) is 0.425. The fourth-order valence-corrected chi connectivity index (χ4v) is 1.96. The number of hydrogen-bond acceptors (Lipinski definition) is 3. The van der Waals surface area contributed by atoms with Crippen LogP contribution in [0.25, 0.3) is 0 Å². The molecule has 1 rings (SSSR count). The lowest BCUT2D eigenvalue weighted by Crippen LogP contribution is -1.94. The van der Waals surface area contributed by atoms with E-state index in [-0.39, 0.29) is 5.15 Å². The predicted molar refractivity (Wildman–Crippen MR) is 55.8 cm³/mol. The lowest BCUT2D eigenvalue weighted by Gasteiger charge is -2.02. The first kappa shape index (κ1) is 10.8. The van der Waals surface area contributed by atoms with Crippen molar-refractivity contribution in [2.45, 2.75) is 11.8 Å². The maximum Gasteiger partial charge on any atom is 0.253 e. The van der Waals surface area contributed by atoms with Crippen molar-refractivity contribution >= 4 is 40.2 Å². The van der Waals surface area contributed by atoms with Crippen LogP contribution in [-0.2, 0) is 0 Å². The van der Waals surface area contributed by atoms with E-state index in [4.69, 9.17) is 23.2 Å². The molecule has 0 atom stereocenters. The highest BCUT2D eigenvalue weighted by Gasteiger charge is 2.10. The van der Waals surface area contributed by atoms with E-state index in [2.05, 4.69) is 4.98 Å². The van der Waals surface area contributed by atoms with Crippen molar-refractivity contribution in [3.63, 3.8) is 0 Å². The first-order valence-corrected chi connectivity index (χ1v) is 5.37. The topological polar surface area (TPSA) is 30.0 Å². The summed E-state index contributed by atoms with van der Waals surface area (Å²) < 4.78 is 0. The molecule has 0 spiro atoms. The lowest BCUT2D eigenvalue weighted by molar-refractivity contribution is 0.107. The summed E-state index contributed by atoms with van der Waals surface area (Å²) in [6, 6.07) is 1.48. The molecule has 1 aromatic heterocycles. The molecule has 0 N–H and O–H groups in total. The maximum atomic E-state index is 11.0. The second-order valence-corrected chi connectivity index (χ2v) is 4.25. The summed E-state index contributed by atoms with van der Waals surface area (Å²) in [4.78, 5) is 15.6. The molecule has 0 saturated carbocycles. The van der Waals surface area contributed by atoms with E-state index in [0.717, 1.165) is 10.6 Å². The van der Waals surface area contributed by atoms with E-state index in [0.29, 0.717) is 5.56 Å². The Morgan fingerprint density at radius 1 is 1.69 bits per heavy atom. The van der Waals surface area contributed by atoms with Gasteiger partial charge in [-0.05, 0) is 23.4 Å². The molecule has 0 amide bonds. The second-order valence-electron chi connectivity index (χ2n) is 2.21. The lowest BCUT2D eigenvalue weighted by atomic mass is 10.3. The quantitative estimate of drug-likeness (QED) is 0.458. The van der Waals surface area contributed by atoms with Crippen LogP contribution in [0.2, 0.25) is 5.15 Å². The van der Waals surface area contributed by atoms with Crippen LogP contribution in [0.15, 0.2) is 17.2 Å². The van der Waals surface area contributed by atoms with Crippen molar-refractivity contribution in [2.75, 3.05) is 5.75 Å². The van der Waals surface area contributed by atoms with Crippen LogP contribution in [0.1, 0.15) is 17.3 Å². The van der Waals surface area contributed by atoms with Crippen molar-refractivity contribution in [1.29, 1.82) is 0 Å². The molecule has 0 bridgehead atoms. The number of rotatable bonds is 3. The third kappa shape index (κ3) is 2.86. The summed E-state index contributed by atoms with van der Waals surface area (Å²) in [7, 11) is 0. The molecule has 5 heteroatoms. The molecule has 2 nitrogen and oxygen atoms in total. The molecule has 0 radical (unpaired) electrons. The van der Waals surface area contributed by atoms with E-state index in [1.54, 1.807) is 6.20 Å². The highest BCUT2D eigenvalue weighted by molar-refractivity contribution is 7.99. The van der Waals surface area contributed by atoms with Gasteiger partial charge in [-0.25, -0.2) is 4.98 Å². The van der Waals surface area contributed by atoms with Crippen LogP contribution in [0.4, 0.5) is 0 Å². The molecule has 0 aliphatic rings. The Bertz CT molecular complexity index is 330. The Hall–Kier alpha value is -0.250. The number of aromatic nitrogens is 1. The summed E-state index contributed by atoms with van der Waals surface area (Å²) in [5.74, 6) is 0.862. The Morgan fingerprint density at radius 2 is 2.38 bits per heavy atom. The number of halogens is 2. The van der Waals surface area contributed by atoms with Crippen LogP contribution in [0, 0.1) is 0 Å². The van der Waals surface area contributed by atoms with E-state index in [1.165, 1.54) is 17.8 Å².